The van der Waals surface area contributed by atoms with Gasteiger partial charge in [0.2, 0.25) is 0 Å². The lowest BCUT2D eigenvalue weighted by molar-refractivity contribution is 0.0495. The lowest BCUT2D eigenvalue weighted by Gasteiger charge is -2.44. The molecule has 2 heterocycles. The summed E-state index contributed by atoms with van der Waals surface area (Å²) in [6.45, 7) is 11.8. The Morgan fingerprint density at radius 2 is 2.00 bits per heavy atom. The predicted octanol–water partition coefficient (Wildman–Crippen LogP) is 1.34. The molecule has 2 aliphatic heterocycles. The normalized spacial score (nSPS) is 30.8. The summed E-state index contributed by atoms with van der Waals surface area (Å²) in [6, 6.07) is 0.688. The fraction of sp³-hybridized carbons (Fsp3) is 0.818. The molecule has 0 bridgehead atoms. The van der Waals surface area contributed by atoms with Crippen molar-refractivity contribution in [3.63, 3.8) is 0 Å². The van der Waals surface area contributed by atoms with Gasteiger partial charge in [-0.1, -0.05) is 12.2 Å². The second kappa shape index (κ2) is 3.10. The van der Waals surface area contributed by atoms with Gasteiger partial charge >= 0.3 is 0 Å². The molecule has 0 amide bonds. The summed E-state index contributed by atoms with van der Waals surface area (Å²) in [4.78, 5) is 5.14. The number of hydrogen-bond acceptors (Lipinski definition) is 2. The Morgan fingerprint density at radius 3 is 2.69 bits per heavy atom. The lowest BCUT2D eigenvalue weighted by Crippen LogP contribution is -2.56. The van der Waals surface area contributed by atoms with Gasteiger partial charge in [0.1, 0.15) is 0 Å². The highest BCUT2D eigenvalue weighted by molar-refractivity contribution is 5.07. The molecule has 2 aliphatic rings. The molecule has 0 saturated carbocycles. The maximum Gasteiger partial charge on any atom is 0.0410 e. The van der Waals surface area contributed by atoms with Gasteiger partial charge in [0.25, 0.3) is 0 Å². The molecule has 2 nitrogen and oxygen atoms in total. The lowest BCUT2D eigenvalue weighted by atomic mass is 10.0. The van der Waals surface area contributed by atoms with E-state index < -0.39 is 0 Å². The third-order valence-corrected chi connectivity index (χ3v) is 3.18. The smallest absolute Gasteiger partial charge is 0.0410 e. The molecule has 1 fully saturated rings. The van der Waals surface area contributed by atoms with Crippen LogP contribution in [0.1, 0.15) is 20.8 Å². The van der Waals surface area contributed by atoms with Crippen LogP contribution in [0.2, 0.25) is 0 Å². The first-order valence-corrected chi connectivity index (χ1v) is 5.23. The van der Waals surface area contributed by atoms with Gasteiger partial charge in [-0.05, 0) is 20.8 Å². The first-order valence-electron chi connectivity index (χ1n) is 5.23. The van der Waals surface area contributed by atoms with Crippen molar-refractivity contribution in [2.45, 2.75) is 32.4 Å². The SMILES string of the molecule is CC(C)(C)N1CCN2CC=CC2C1. The van der Waals surface area contributed by atoms with Crippen molar-refractivity contribution in [1.82, 2.24) is 9.80 Å². The molecule has 1 unspecified atom stereocenters. The highest BCUT2D eigenvalue weighted by Gasteiger charge is 2.32. The fourth-order valence-corrected chi connectivity index (χ4v) is 2.22. The van der Waals surface area contributed by atoms with Crippen LogP contribution < -0.4 is 0 Å². The molecular formula is C11H20N2. The molecule has 0 aromatic heterocycles. The third kappa shape index (κ3) is 1.79. The number of fused-ring (bicyclic) bond motifs is 1. The van der Waals surface area contributed by atoms with E-state index in [9.17, 15) is 0 Å². The quantitative estimate of drug-likeness (QED) is 0.519. The van der Waals surface area contributed by atoms with E-state index in [1.54, 1.807) is 0 Å². The molecule has 0 N–H and O–H groups in total. The zero-order valence-electron chi connectivity index (χ0n) is 8.95. The zero-order chi connectivity index (χ0) is 9.47. The van der Waals surface area contributed by atoms with Crippen molar-refractivity contribution in [1.29, 1.82) is 0 Å². The van der Waals surface area contributed by atoms with Crippen molar-refractivity contribution in [3.8, 4) is 0 Å². The van der Waals surface area contributed by atoms with Crippen LogP contribution in [0.3, 0.4) is 0 Å². The van der Waals surface area contributed by atoms with Crippen molar-refractivity contribution >= 4 is 0 Å². The summed E-state index contributed by atoms with van der Waals surface area (Å²) < 4.78 is 0. The van der Waals surface area contributed by atoms with Crippen LogP contribution in [0.5, 0.6) is 0 Å². The van der Waals surface area contributed by atoms with Gasteiger partial charge in [0.05, 0.1) is 0 Å². The van der Waals surface area contributed by atoms with Gasteiger partial charge in [0, 0.05) is 37.8 Å². The van der Waals surface area contributed by atoms with Crippen LogP contribution in [0.15, 0.2) is 12.2 Å². The van der Waals surface area contributed by atoms with E-state index in [1.165, 1.54) is 26.2 Å². The molecule has 2 heteroatoms. The summed E-state index contributed by atoms with van der Waals surface area (Å²) in [5, 5.41) is 0. The Hall–Kier alpha value is -0.340. The molecule has 0 aromatic carbocycles. The van der Waals surface area contributed by atoms with Gasteiger partial charge in [-0.15, -0.1) is 0 Å². The second-order valence-corrected chi connectivity index (χ2v) is 5.11. The maximum atomic E-state index is 2.59. The average Bonchev–Trinajstić information content (AvgIpc) is 2.47. The largest absolute Gasteiger partial charge is 0.295 e. The number of piperazine rings is 1. The molecule has 1 saturated heterocycles. The van der Waals surface area contributed by atoms with Gasteiger partial charge in [0.15, 0.2) is 0 Å². The van der Waals surface area contributed by atoms with Crippen molar-refractivity contribution in [2.24, 2.45) is 0 Å². The number of hydrogen-bond donors (Lipinski definition) is 0. The number of rotatable bonds is 0. The van der Waals surface area contributed by atoms with Crippen molar-refractivity contribution in [3.05, 3.63) is 12.2 Å². The van der Waals surface area contributed by atoms with E-state index in [-0.39, 0.29) is 0 Å². The fourth-order valence-electron chi connectivity index (χ4n) is 2.22. The molecule has 74 valence electrons. The van der Waals surface area contributed by atoms with Gasteiger partial charge in [-0.25, -0.2) is 0 Å². The van der Waals surface area contributed by atoms with E-state index in [2.05, 4.69) is 42.7 Å². The average molecular weight is 180 g/mol. The molecular weight excluding hydrogens is 160 g/mol. The molecule has 0 radical (unpaired) electrons. The van der Waals surface area contributed by atoms with E-state index in [0.717, 1.165) is 0 Å². The topological polar surface area (TPSA) is 6.48 Å². The third-order valence-electron chi connectivity index (χ3n) is 3.18. The first kappa shape index (κ1) is 9.22. The van der Waals surface area contributed by atoms with E-state index >= 15 is 0 Å². The minimum Gasteiger partial charge on any atom is -0.295 e. The van der Waals surface area contributed by atoms with E-state index in [4.69, 9.17) is 0 Å². The molecule has 2 rings (SSSR count). The predicted molar refractivity (Wildman–Crippen MR) is 55.8 cm³/mol. The monoisotopic (exact) mass is 180 g/mol. The van der Waals surface area contributed by atoms with Gasteiger partial charge in [-0.2, -0.15) is 0 Å². The molecule has 13 heavy (non-hydrogen) atoms. The highest BCUT2D eigenvalue weighted by Crippen LogP contribution is 2.22. The summed E-state index contributed by atoms with van der Waals surface area (Å²) in [5.41, 5.74) is 0.336. The van der Waals surface area contributed by atoms with E-state index in [0.29, 0.717) is 11.6 Å². The summed E-state index contributed by atoms with van der Waals surface area (Å²) >= 11 is 0. The Bertz CT molecular complexity index is 215. The van der Waals surface area contributed by atoms with Crippen molar-refractivity contribution < 1.29 is 0 Å². The standard InChI is InChI=1S/C11H20N2/c1-11(2,3)13-8-7-12-6-4-5-10(12)9-13/h4-5,10H,6-9H2,1-3H3. The summed E-state index contributed by atoms with van der Waals surface area (Å²) in [6.07, 6.45) is 4.66. The molecule has 1 atom stereocenters. The zero-order valence-corrected chi connectivity index (χ0v) is 8.95. The Kier molecular flexibility index (Phi) is 2.20. The van der Waals surface area contributed by atoms with Crippen LogP contribution in [0.25, 0.3) is 0 Å². The van der Waals surface area contributed by atoms with Crippen LogP contribution >= 0.6 is 0 Å². The van der Waals surface area contributed by atoms with Crippen LogP contribution in [-0.2, 0) is 0 Å². The number of nitrogens with zero attached hydrogens (tertiary/aromatic N) is 2. The molecule has 0 spiro atoms. The minimum absolute atomic E-state index is 0.336. The molecule has 0 aromatic rings. The molecule has 0 aliphatic carbocycles. The van der Waals surface area contributed by atoms with Crippen LogP contribution in [0, 0.1) is 0 Å². The van der Waals surface area contributed by atoms with E-state index in [1.807, 2.05) is 0 Å². The highest BCUT2D eigenvalue weighted by atomic mass is 15.3. The maximum absolute atomic E-state index is 2.59. The summed E-state index contributed by atoms with van der Waals surface area (Å²) in [5.74, 6) is 0. The second-order valence-electron chi connectivity index (χ2n) is 5.11. The van der Waals surface area contributed by atoms with Crippen LogP contribution in [-0.4, -0.2) is 47.6 Å². The summed E-state index contributed by atoms with van der Waals surface area (Å²) in [7, 11) is 0. The van der Waals surface area contributed by atoms with Gasteiger partial charge in [-0.3, -0.25) is 9.80 Å². The Labute approximate surface area is 81.2 Å². The van der Waals surface area contributed by atoms with Crippen molar-refractivity contribution in [2.75, 3.05) is 26.2 Å². The minimum atomic E-state index is 0.336. The first-order chi connectivity index (χ1) is 6.07. The van der Waals surface area contributed by atoms with Crippen LogP contribution in [0.4, 0.5) is 0 Å². The Morgan fingerprint density at radius 1 is 1.23 bits per heavy atom. The Balaban J connectivity index is 2.01. The van der Waals surface area contributed by atoms with Gasteiger partial charge < -0.3 is 0 Å².